The Hall–Kier alpha value is 0. The van der Waals surface area contributed by atoms with Crippen molar-refractivity contribution in [2.75, 3.05) is 0 Å². The monoisotopic (exact) mass is 655 g/mol. The Kier molecular flexibility index (Phi) is 9.58. The maximum atomic E-state index is 1.70. The van der Waals surface area contributed by atoms with E-state index in [9.17, 15) is 0 Å². The van der Waals surface area contributed by atoms with Crippen LogP contribution in [0.4, 0.5) is 0 Å². The van der Waals surface area contributed by atoms with E-state index >= 15 is 0 Å². The van der Waals surface area contributed by atoms with Gasteiger partial charge in [0, 0.05) is 0 Å². The highest BCUT2D eigenvalue weighted by molar-refractivity contribution is 5.01. The van der Waals surface area contributed by atoms with Gasteiger partial charge in [0.05, 0.1) is 0 Å². The lowest BCUT2D eigenvalue weighted by molar-refractivity contribution is -0.0353. The molecule has 11 rings (SSSR count). The second-order valence-electron chi connectivity index (χ2n) is 22.2. The van der Waals surface area contributed by atoms with Crippen LogP contribution in [0, 0.1) is 107 Å². The molecule has 270 valence electrons. The predicted octanol–water partition coefficient (Wildman–Crippen LogP) is 13.9. The molecule has 12 unspecified atom stereocenters. The highest BCUT2D eigenvalue weighted by Crippen LogP contribution is 2.60. The van der Waals surface area contributed by atoms with Gasteiger partial charge >= 0.3 is 0 Å². The second-order valence-corrected chi connectivity index (χ2v) is 22.2. The normalized spacial score (nSPS) is 55.5. The lowest BCUT2D eigenvalue weighted by Crippen LogP contribution is -2.44. The van der Waals surface area contributed by atoms with Crippen LogP contribution in [0.1, 0.15) is 193 Å². The smallest absolute Gasteiger partial charge is 0.0355 e. The van der Waals surface area contributed by atoms with Crippen LogP contribution in [0.15, 0.2) is 0 Å². The molecule has 0 saturated heterocycles. The van der Waals surface area contributed by atoms with Crippen molar-refractivity contribution in [3.05, 3.63) is 0 Å². The maximum absolute atomic E-state index is 1.70. The Morgan fingerprint density at radius 2 is 0.354 bits per heavy atom. The zero-order chi connectivity index (χ0) is 31.6. The fourth-order valence-electron chi connectivity index (χ4n) is 18.3. The van der Waals surface area contributed by atoms with Gasteiger partial charge in [0.1, 0.15) is 0 Å². The van der Waals surface area contributed by atoms with Crippen molar-refractivity contribution in [2.24, 2.45) is 107 Å². The Morgan fingerprint density at radius 3 is 0.562 bits per heavy atom. The van der Waals surface area contributed by atoms with Gasteiger partial charge in [-0.2, -0.15) is 0 Å². The topological polar surface area (TPSA) is 0 Å². The Morgan fingerprint density at radius 1 is 0.167 bits per heavy atom. The minimum Gasteiger partial charge on any atom is -0.0530 e. The van der Waals surface area contributed by atoms with Crippen molar-refractivity contribution >= 4 is 0 Å². The molecule has 0 radical (unpaired) electrons. The molecule has 11 fully saturated rings. The summed E-state index contributed by atoms with van der Waals surface area (Å²) >= 11 is 0. The van der Waals surface area contributed by atoms with Crippen LogP contribution in [0.25, 0.3) is 0 Å². The third-order valence-electron chi connectivity index (χ3n) is 19.8. The number of rotatable bonds is 0. The molecule has 0 aliphatic heterocycles. The van der Waals surface area contributed by atoms with Crippen LogP contribution in [0.2, 0.25) is 0 Å². The zero-order valence-electron chi connectivity index (χ0n) is 31.6. The molecule has 0 heterocycles. The van der Waals surface area contributed by atoms with Gasteiger partial charge in [-0.05, 0) is 222 Å². The summed E-state index contributed by atoms with van der Waals surface area (Å²) in [5.74, 6) is 19.8. The molecule has 18 atom stereocenters. The summed E-state index contributed by atoms with van der Waals surface area (Å²) < 4.78 is 0. The van der Waals surface area contributed by atoms with E-state index in [-0.39, 0.29) is 0 Å². The SMILES string of the molecule is C1CCC2C3CC4CC(C3)[C@@H]3CCCC[C@@H]3C3CC5CCC6CC(CCC7CC(C[C@H](CC[C@@H](C5)C3)C7)[C@@H]3CCCC[C@H]43)CC(C6)C2C1. The summed E-state index contributed by atoms with van der Waals surface area (Å²) in [6.07, 6.45) is 49.2. The molecular weight excluding hydrogens is 577 g/mol. The first-order chi connectivity index (χ1) is 23.7. The van der Waals surface area contributed by atoms with E-state index in [0.717, 1.165) is 107 Å². The van der Waals surface area contributed by atoms with Gasteiger partial charge in [-0.1, -0.05) is 77.0 Å². The van der Waals surface area contributed by atoms with Crippen LogP contribution in [0.5, 0.6) is 0 Å². The standard InChI is InChI=1S/C48H78/c1-4-10-46-40-28-41-30-42(29-40)48-12-6-3-9-45(48)39-25-34-16-14-32-19-31(22-37(23-32)43(46)7-1)13-15-33-20-35(17-18-36(21-34)27-39)26-38(24-33)44-8-2-5-11-47(41)44/h31-48H,1-30H2/t31-,32?,33+,34?,35?,36?,37?,38?,39?,40?,41?,42?,43+,44-,45?,46-,47+,48?. The minimum absolute atomic E-state index is 1.09. The summed E-state index contributed by atoms with van der Waals surface area (Å²) in [6, 6.07) is 0. The zero-order valence-corrected chi connectivity index (χ0v) is 31.6. The van der Waals surface area contributed by atoms with Gasteiger partial charge in [-0.25, -0.2) is 0 Å². The van der Waals surface area contributed by atoms with Gasteiger partial charge in [-0.3, -0.25) is 0 Å². The van der Waals surface area contributed by atoms with Crippen LogP contribution in [-0.2, 0) is 0 Å². The summed E-state index contributed by atoms with van der Waals surface area (Å²) in [5, 5.41) is 0. The van der Waals surface area contributed by atoms with Crippen molar-refractivity contribution in [1.82, 2.24) is 0 Å². The average molecular weight is 655 g/mol. The van der Waals surface area contributed by atoms with Gasteiger partial charge in [-0.15, -0.1) is 0 Å². The van der Waals surface area contributed by atoms with E-state index in [1.54, 1.807) is 193 Å². The quantitative estimate of drug-likeness (QED) is 0.244. The van der Waals surface area contributed by atoms with E-state index < -0.39 is 0 Å². The fraction of sp³-hybridized carbons (Fsp3) is 1.00. The molecule has 0 heteroatoms. The van der Waals surface area contributed by atoms with Gasteiger partial charge < -0.3 is 0 Å². The Balaban J connectivity index is 1.12. The molecule has 0 N–H and O–H groups in total. The molecule has 0 aromatic carbocycles. The summed E-state index contributed by atoms with van der Waals surface area (Å²) in [5.41, 5.74) is 0. The van der Waals surface area contributed by atoms with E-state index in [1.165, 1.54) is 0 Å². The third-order valence-corrected chi connectivity index (χ3v) is 19.8. The van der Waals surface area contributed by atoms with Crippen molar-refractivity contribution in [3.8, 4) is 0 Å². The Labute approximate surface area is 298 Å². The lowest BCUT2D eigenvalue weighted by atomic mass is 9.52. The van der Waals surface area contributed by atoms with Gasteiger partial charge in [0.2, 0.25) is 0 Å². The Bertz CT molecular complexity index is 899. The van der Waals surface area contributed by atoms with E-state index in [4.69, 9.17) is 0 Å². The van der Waals surface area contributed by atoms with Crippen molar-refractivity contribution in [3.63, 3.8) is 0 Å². The average Bonchev–Trinajstić information content (AvgIpc) is 3.14. The molecule has 0 nitrogen and oxygen atoms in total. The molecule has 0 spiro atoms. The van der Waals surface area contributed by atoms with Crippen molar-refractivity contribution in [1.29, 1.82) is 0 Å². The van der Waals surface area contributed by atoms with Gasteiger partial charge in [0.25, 0.3) is 0 Å². The van der Waals surface area contributed by atoms with Crippen LogP contribution in [0.3, 0.4) is 0 Å². The van der Waals surface area contributed by atoms with E-state index in [0.29, 0.717) is 0 Å². The van der Waals surface area contributed by atoms with Crippen LogP contribution in [-0.4, -0.2) is 0 Å². The molecule has 48 heavy (non-hydrogen) atoms. The summed E-state index contributed by atoms with van der Waals surface area (Å²) in [7, 11) is 0. The lowest BCUT2D eigenvalue weighted by Gasteiger charge is -2.53. The first kappa shape index (κ1) is 32.6. The number of hydrogen-bond donors (Lipinski definition) is 0. The highest BCUT2D eigenvalue weighted by Gasteiger charge is 2.50. The molecule has 11 saturated carbocycles. The number of hydrogen-bond acceptors (Lipinski definition) is 0. The third kappa shape index (κ3) is 6.47. The first-order valence-corrected chi connectivity index (χ1v) is 23.7. The van der Waals surface area contributed by atoms with Crippen LogP contribution < -0.4 is 0 Å². The van der Waals surface area contributed by atoms with E-state index in [2.05, 4.69) is 0 Å². The summed E-state index contributed by atoms with van der Waals surface area (Å²) in [6.45, 7) is 0. The molecule has 12 bridgehead atoms. The van der Waals surface area contributed by atoms with Gasteiger partial charge in [0.15, 0.2) is 0 Å². The molecule has 11 aliphatic rings. The predicted molar refractivity (Wildman–Crippen MR) is 201 cm³/mol. The molecule has 11 aliphatic carbocycles. The van der Waals surface area contributed by atoms with Crippen molar-refractivity contribution < 1.29 is 0 Å². The highest BCUT2D eigenvalue weighted by atomic mass is 14.6. The second kappa shape index (κ2) is 14.1. The van der Waals surface area contributed by atoms with Crippen LogP contribution >= 0.6 is 0 Å². The molecular formula is C48H78. The molecule has 0 aromatic rings. The van der Waals surface area contributed by atoms with E-state index in [1.807, 2.05) is 0 Å². The number of fused-ring (bicyclic) bond motifs is 3. The molecule has 0 amide bonds. The largest absolute Gasteiger partial charge is 0.0530 e. The molecule has 0 aromatic heterocycles. The first-order valence-electron chi connectivity index (χ1n) is 23.7. The fourth-order valence-corrected chi connectivity index (χ4v) is 18.3. The van der Waals surface area contributed by atoms with Crippen molar-refractivity contribution in [2.45, 2.75) is 193 Å². The minimum atomic E-state index is 1.09. The summed E-state index contributed by atoms with van der Waals surface area (Å²) in [4.78, 5) is 0. The maximum Gasteiger partial charge on any atom is -0.0355 e.